The smallest absolute Gasteiger partial charge is 0.280 e. The van der Waals surface area contributed by atoms with E-state index in [0.717, 1.165) is 0 Å². The van der Waals surface area contributed by atoms with Gasteiger partial charge in [-0.3, -0.25) is 4.79 Å². The Hall–Kier alpha value is -3.14. The summed E-state index contributed by atoms with van der Waals surface area (Å²) < 4.78 is 73.7. The molecule has 3 rings (SSSR count). The number of benzene rings is 2. The predicted molar refractivity (Wildman–Crippen MR) is 99.1 cm³/mol. The number of carbonyl (C=O) groups excluding carboxylic acids is 1. The van der Waals surface area contributed by atoms with E-state index in [0.29, 0.717) is 0 Å². The van der Waals surface area contributed by atoms with E-state index in [1.165, 1.54) is 25.1 Å². The third-order valence-electron chi connectivity index (χ3n) is 4.12. The fourth-order valence-corrected chi connectivity index (χ4v) is 2.94. The van der Waals surface area contributed by atoms with Crippen LogP contribution in [0.2, 0.25) is 5.02 Å². The van der Waals surface area contributed by atoms with Gasteiger partial charge in [0.05, 0.1) is 22.9 Å². The number of aromatic hydroxyl groups is 1. The average molecular weight is 447 g/mol. The number of amides is 1. The van der Waals surface area contributed by atoms with Crippen LogP contribution >= 0.6 is 11.6 Å². The molecule has 1 aliphatic rings. The molecule has 2 aromatic carbocycles. The first kappa shape index (κ1) is 21.6. The first-order valence-corrected chi connectivity index (χ1v) is 8.74. The Morgan fingerprint density at radius 1 is 1.10 bits per heavy atom. The Bertz CT molecular complexity index is 1100. The lowest BCUT2D eigenvalue weighted by atomic mass is 10.1. The fourth-order valence-electron chi connectivity index (χ4n) is 2.72. The number of hydrogen-bond donors (Lipinski definition) is 1. The fraction of sp³-hybridized carbons (Fsp3) is 0.158. The van der Waals surface area contributed by atoms with Crippen LogP contribution in [0.4, 0.5) is 27.6 Å². The molecular formula is C19H12ClF5N2O3. The van der Waals surface area contributed by atoms with Crippen molar-refractivity contribution < 1.29 is 36.6 Å². The van der Waals surface area contributed by atoms with Crippen LogP contribution in [0.3, 0.4) is 0 Å². The molecule has 0 radical (unpaired) electrons. The quantitative estimate of drug-likeness (QED) is 0.313. The molecule has 158 valence electrons. The maximum atomic E-state index is 14.1. The minimum Gasteiger partial charge on any atom is -0.503 e. The molecule has 2 aromatic rings. The van der Waals surface area contributed by atoms with E-state index >= 15 is 0 Å². The van der Waals surface area contributed by atoms with Crippen LogP contribution < -0.4 is 9.75 Å². The Kier molecular flexibility index (Phi) is 5.71. The van der Waals surface area contributed by atoms with Gasteiger partial charge in [-0.05, 0) is 37.6 Å². The summed E-state index contributed by atoms with van der Waals surface area (Å²) in [4.78, 5) is 12.7. The van der Waals surface area contributed by atoms with Gasteiger partial charge < -0.3 is 9.84 Å². The molecule has 1 amide bonds. The highest BCUT2D eigenvalue weighted by molar-refractivity contribution is 6.33. The second-order valence-electron chi connectivity index (χ2n) is 6.06. The van der Waals surface area contributed by atoms with Crippen molar-refractivity contribution in [1.82, 2.24) is 0 Å². The van der Waals surface area contributed by atoms with Crippen molar-refractivity contribution in [2.45, 2.75) is 13.8 Å². The molecule has 30 heavy (non-hydrogen) atoms. The third kappa shape index (κ3) is 3.47. The van der Waals surface area contributed by atoms with E-state index in [1.54, 1.807) is 6.92 Å². The van der Waals surface area contributed by atoms with Gasteiger partial charge >= 0.3 is 0 Å². The van der Waals surface area contributed by atoms with Crippen molar-refractivity contribution in [2.24, 2.45) is 5.10 Å². The maximum Gasteiger partial charge on any atom is 0.280 e. The van der Waals surface area contributed by atoms with E-state index in [1.807, 2.05) is 0 Å². The van der Waals surface area contributed by atoms with Crippen molar-refractivity contribution in [1.29, 1.82) is 0 Å². The lowest BCUT2D eigenvalue weighted by molar-refractivity contribution is -0.114. The van der Waals surface area contributed by atoms with Gasteiger partial charge in [-0.2, -0.15) is 10.1 Å². The molecule has 0 atom stereocenters. The van der Waals surface area contributed by atoms with Crippen LogP contribution in [0.5, 0.6) is 11.5 Å². The second-order valence-corrected chi connectivity index (χ2v) is 6.47. The summed E-state index contributed by atoms with van der Waals surface area (Å²) in [6.07, 6.45) is 1.22. The van der Waals surface area contributed by atoms with Gasteiger partial charge in [0, 0.05) is 0 Å². The largest absolute Gasteiger partial charge is 0.503 e. The molecule has 0 aromatic heterocycles. The van der Waals surface area contributed by atoms with Crippen LogP contribution in [0.1, 0.15) is 19.4 Å². The highest BCUT2D eigenvalue weighted by Crippen LogP contribution is 2.37. The summed E-state index contributed by atoms with van der Waals surface area (Å²) in [6, 6.07) is 2.63. The van der Waals surface area contributed by atoms with Crippen LogP contribution in [-0.4, -0.2) is 23.3 Å². The SMILES string of the molecule is CCOc1cc(/C=C2/C(=O)N(c3c(F)c(F)c(F)c(F)c3F)N=C2C)cc(Cl)c1O. The number of phenols is 1. The van der Waals surface area contributed by atoms with Gasteiger partial charge in [-0.25, -0.2) is 22.0 Å². The van der Waals surface area contributed by atoms with Gasteiger partial charge in [0.2, 0.25) is 5.82 Å². The minimum atomic E-state index is -2.35. The normalized spacial score (nSPS) is 15.2. The van der Waals surface area contributed by atoms with Crippen LogP contribution in [0, 0.1) is 29.1 Å². The van der Waals surface area contributed by atoms with Gasteiger partial charge in [0.25, 0.3) is 5.91 Å². The number of anilines is 1. The zero-order valence-electron chi connectivity index (χ0n) is 15.4. The zero-order valence-corrected chi connectivity index (χ0v) is 16.1. The number of halogens is 6. The molecule has 11 heteroatoms. The molecule has 1 aliphatic heterocycles. The van der Waals surface area contributed by atoms with Gasteiger partial charge in [-0.1, -0.05) is 11.6 Å². The minimum absolute atomic E-state index is 0.0218. The number of carbonyl (C=O) groups is 1. The molecule has 5 nitrogen and oxygen atoms in total. The molecule has 0 saturated carbocycles. The van der Waals surface area contributed by atoms with Crippen molar-refractivity contribution in [3.63, 3.8) is 0 Å². The van der Waals surface area contributed by atoms with E-state index in [9.17, 15) is 31.9 Å². The summed E-state index contributed by atoms with van der Waals surface area (Å²) in [6.45, 7) is 3.18. The van der Waals surface area contributed by atoms with Crippen molar-refractivity contribution >= 4 is 35.0 Å². The Morgan fingerprint density at radius 3 is 2.23 bits per heavy atom. The summed E-state index contributed by atoms with van der Waals surface area (Å²) in [5.74, 6) is -12.6. The van der Waals surface area contributed by atoms with E-state index in [2.05, 4.69) is 5.10 Å². The standard InChI is InChI=1S/C19H12ClF5N2O3/c1-3-30-11-6-8(5-10(20)18(11)28)4-9-7(2)26-27(19(9)29)17-15(24)13(22)12(21)14(23)16(17)25/h4-6,28H,3H2,1-2H3/b9-4+. The number of rotatable bonds is 4. The van der Waals surface area contributed by atoms with Crippen molar-refractivity contribution in [3.05, 3.63) is 57.4 Å². The van der Waals surface area contributed by atoms with Crippen LogP contribution in [0.15, 0.2) is 22.8 Å². The lowest BCUT2D eigenvalue weighted by Gasteiger charge is -2.15. The Morgan fingerprint density at radius 2 is 1.67 bits per heavy atom. The summed E-state index contributed by atoms with van der Waals surface area (Å²) in [5.41, 5.74) is -1.47. The van der Waals surface area contributed by atoms with Gasteiger partial charge in [0.1, 0.15) is 5.69 Å². The third-order valence-corrected chi connectivity index (χ3v) is 4.41. The van der Waals surface area contributed by atoms with Crippen LogP contribution in [0.25, 0.3) is 6.08 Å². The molecule has 0 fully saturated rings. The number of nitrogens with zero attached hydrogens (tertiary/aromatic N) is 2. The average Bonchev–Trinajstić information content (AvgIpc) is 2.97. The Balaban J connectivity index is 2.08. The molecule has 0 aliphatic carbocycles. The Labute approximate surface area is 171 Å². The number of ether oxygens (including phenoxy) is 1. The lowest BCUT2D eigenvalue weighted by Crippen LogP contribution is -2.25. The topological polar surface area (TPSA) is 62.1 Å². The van der Waals surface area contributed by atoms with Gasteiger partial charge in [0.15, 0.2) is 34.8 Å². The van der Waals surface area contributed by atoms with E-state index in [4.69, 9.17) is 16.3 Å². The highest BCUT2D eigenvalue weighted by Gasteiger charge is 2.37. The first-order valence-electron chi connectivity index (χ1n) is 8.36. The molecule has 0 bridgehead atoms. The predicted octanol–water partition coefficient (Wildman–Crippen LogP) is 4.95. The summed E-state index contributed by atoms with van der Waals surface area (Å²) in [7, 11) is 0. The van der Waals surface area contributed by atoms with Crippen molar-refractivity contribution in [2.75, 3.05) is 11.6 Å². The van der Waals surface area contributed by atoms with E-state index in [-0.39, 0.29) is 45.0 Å². The monoisotopic (exact) mass is 446 g/mol. The number of phenolic OH excluding ortho intramolecular Hbond substituents is 1. The second kappa shape index (κ2) is 7.94. The zero-order chi connectivity index (χ0) is 22.3. The molecule has 1 heterocycles. The number of hydrogen-bond acceptors (Lipinski definition) is 4. The van der Waals surface area contributed by atoms with Gasteiger partial charge in [-0.15, -0.1) is 0 Å². The molecule has 0 spiro atoms. The maximum absolute atomic E-state index is 14.1. The van der Waals surface area contributed by atoms with E-state index < -0.39 is 40.7 Å². The van der Waals surface area contributed by atoms with Crippen LogP contribution in [-0.2, 0) is 4.79 Å². The summed E-state index contributed by atoms with van der Waals surface area (Å²) in [5, 5.41) is 13.5. The van der Waals surface area contributed by atoms with Crippen molar-refractivity contribution in [3.8, 4) is 11.5 Å². The molecular weight excluding hydrogens is 435 g/mol. The highest BCUT2D eigenvalue weighted by atomic mass is 35.5. The molecule has 0 saturated heterocycles. The first-order chi connectivity index (χ1) is 14.1. The summed E-state index contributed by atoms with van der Waals surface area (Å²) >= 11 is 5.93. The molecule has 1 N–H and O–H groups in total. The molecule has 0 unspecified atom stereocenters. The number of hydrazone groups is 1.